The third kappa shape index (κ3) is 3.22. The number of hydrogen-bond donors (Lipinski definition) is 1. The summed E-state index contributed by atoms with van der Waals surface area (Å²) >= 11 is 0. The van der Waals surface area contributed by atoms with Gasteiger partial charge in [-0.1, -0.05) is 0 Å². The van der Waals surface area contributed by atoms with E-state index in [0.29, 0.717) is 6.04 Å². The molecule has 116 valence electrons. The fourth-order valence-electron chi connectivity index (χ4n) is 3.27. The van der Waals surface area contributed by atoms with Crippen LogP contribution in [-0.2, 0) is 11.3 Å². The molecule has 4 nitrogen and oxygen atoms in total. The van der Waals surface area contributed by atoms with Gasteiger partial charge in [0.15, 0.2) is 0 Å². The third-order valence-electron chi connectivity index (χ3n) is 4.77. The predicted molar refractivity (Wildman–Crippen MR) is 85.8 cm³/mol. The first-order valence-electron chi connectivity index (χ1n) is 8.11. The summed E-state index contributed by atoms with van der Waals surface area (Å²) in [5.41, 5.74) is 3.77. The molecule has 1 aliphatic carbocycles. The fraction of sp³-hybridized carbons (Fsp3) is 0.706. The minimum Gasteiger partial charge on any atom is -0.376 e. The van der Waals surface area contributed by atoms with Gasteiger partial charge in [-0.2, -0.15) is 0 Å². The monoisotopic (exact) mass is 289 g/mol. The van der Waals surface area contributed by atoms with E-state index in [1.165, 1.54) is 24.0 Å². The predicted octanol–water partition coefficient (Wildman–Crippen LogP) is 2.56. The Bertz CT molecular complexity index is 513. The second kappa shape index (κ2) is 5.93. The molecule has 2 atom stereocenters. The van der Waals surface area contributed by atoms with E-state index in [0.717, 1.165) is 37.1 Å². The summed E-state index contributed by atoms with van der Waals surface area (Å²) in [4.78, 5) is 7.18. The van der Waals surface area contributed by atoms with E-state index in [1.54, 1.807) is 0 Å². The van der Waals surface area contributed by atoms with Crippen LogP contribution in [0.3, 0.4) is 0 Å². The Morgan fingerprint density at radius 1 is 1.33 bits per heavy atom. The molecule has 0 spiro atoms. The highest BCUT2D eigenvalue weighted by atomic mass is 16.5. The number of nitrogens with one attached hydrogen (secondary N) is 1. The maximum Gasteiger partial charge on any atom is 0.133 e. The molecule has 2 fully saturated rings. The van der Waals surface area contributed by atoms with E-state index < -0.39 is 0 Å². The summed E-state index contributed by atoms with van der Waals surface area (Å²) in [6.45, 7) is 8.22. The van der Waals surface area contributed by atoms with Gasteiger partial charge in [0, 0.05) is 37.5 Å². The van der Waals surface area contributed by atoms with Crippen molar-refractivity contribution in [2.45, 2.75) is 64.8 Å². The van der Waals surface area contributed by atoms with Crippen LogP contribution in [0.5, 0.6) is 0 Å². The Labute approximate surface area is 127 Å². The molecule has 21 heavy (non-hydrogen) atoms. The van der Waals surface area contributed by atoms with Crippen LogP contribution in [-0.4, -0.2) is 36.8 Å². The molecule has 3 rings (SSSR count). The standard InChI is InChI=1S/C17H27N3O/c1-11-9-12(2)19-17(15(11)10-18-14-5-6-14)20(4)16-7-8-21-13(16)3/h9,13-14,16,18H,5-8,10H2,1-4H3. The lowest BCUT2D eigenvalue weighted by atomic mass is 10.1. The van der Waals surface area contributed by atoms with Crippen molar-refractivity contribution in [3.05, 3.63) is 22.9 Å². The van der Waals surface area contributed by atoms with Crippen LogP contribution >= 0.6 is 0 Å². The Balaban J connectivity index is 1.86. The SMILES string of the molecule is Cc1cc(C)c(CNC2CC2)c(N(C)C2CCOC2C)n1. The highest BCUT2D eigenvalue weighted by Gasteiger charge is 2.30. The number of hydrogen-bond acceptors (Lipinski definition) is 4. The molecule has 1 saturated heterocycles. The van der Waals surface area contributed by atoms with E-state index in [-0.39, 0.29) is 6.10 Å². The second-order valence-corrected chi connectivity index (χ2v) is 6.58. The number of likely N-dealkylation sites (N-methyl/N-ethyl adjacent to an activating group) is 1. The van der Waals surface area contributed by atoms with Gasteiger partial charge in [-0.3, -0.25) is 0 Å². The summed E-state index contributed by atoms with van der Waals surface area (Å²) in [5, 5.41) is 3.63. The molecule has 1 aromatic heterocycles. The Kier molecular flexibility index (Phi) is 4.18. The van der Waals surface area contributed by atoms with Crippen molar-refractivity contribution in [1.82, 2.24) is 10.3 Å². The minimum atomic E-state index is 0.279. The number of nitrogens with zero attached hydrogens (tertiary/aromatic N) is 2. The molecule has 0 amide bonds. The van der Waals surface area contributed by atoms with Crippen LogP contribution < -0.4 is 10.2 Å². The molecule has 4 heteroatoms. The Hall–Kier alpha value is -1.13. The quantitative estimate of drug-likeness (QED) is 0.904. The lowest BCUT2D eigenvalue weighted by Crippen LogP contribution is -2.38. The molecule has 0 aromatic carbocycles. The number of aromatic nitrogens is 1. The lowest BCUT2D eigenvalue weighted by Gasteiger charge is -2.30. The maximum absolute atomic E-state index is 5.73. The van der Waals surface area contributed by atoms with Crippen molar-refractivity contribution in [2.24, 2.45) is 0 Å². The third-order valence-corrected chi connectivity index (χ3v) is 4.77. The van der Waals surface area contributed by atoms with Gasteiger partial charge in [-0.25, -0.2) is 4.98 Å². The first-order valence-corrected chi connectivity index (χ1v) is 8.11. The van der Waals surface area contributed by atoms with E-state index in [4.69, 9.17) is 9.72 Å². The molecule has 2 unspecified atom stereocenters. The highest BCUT2D eigenvalue weighted by Crippen LogP contribution is 2.29. The van der Waals surface area contributed by atoms with Crippen LogP contribution in [0.4, 0.5) is 5.82 Å². The molecule has 2 heterocycles. The lowest BCUT2D eigenvalue weighted by molar-refractivity contribution is 0.118. The number of pyridine rings is 1. The maximum atomic E-state index is 5.73. The van der Waals surface area contributed by atoms with Crippen LogP contribution in [0.2, 0.25) is 0 Å². The minimum absolute atomic E-state index is 0.279. The molecule has 1 saturated carbocycles. The van der Waals surface area contributed by atoms with Gasteiger partial charge in [0.1, 0.15) is 5.82 Å². The van der Waals surface area contributed by atoms with Crippen molar-refractivity contribution >= 4 is 5.82 Å². The molecule has 2 aliphatic rings. The largest absolute Gasteiger partial charge is 0.376 e. The topological polar surface area (TPSA) is 37.4 Å². The molecule has 1 aromatic rings. The van der Waals surface area contributed by atoms with Gasteiger partial charge in [0.2, 0.25) is 0 Å². The molecular formula is C17H27N3O. The average molecular weight is 289 g/mol. The zero-order valence-corrected chi connectivity index (χ0v) is 13.6. The molecule has 0 radical (unpaired) electrons. The van der Waals surface area contributed by atoms with Gasteiger partial charge in [-0.05, 0) is 51.7 Å². The molecule has 1 N–H and O–H groups in total. The van der Waals surface area contributed by atoms with Gasteiger partial charge in [0.25, 0.3) is 0 Å². The number of rotatable bonds is 5. The van der Waals surface area contributed by atoms with E-state index in [9.17, 15) is 0 Å². The zero-order valence-electron chi connectivity index (χ0n) is 13.6. The molecular weight excluding hydrogens is 262 g/mol. The Morgan fingerprint density at radius 3 is 2.71 bits per heavy atom. The van der Waals surface area contributed by atoms with Crippen molar-refractivity contribution in [3.8, 4) is 0 Å². The second-order valence-electron chi connectivity index (χ2n) is 6.58. The molecule has 0 bridgehead atoms. The van der Waals surface area contributed by atoms with E-state index in [1.807, 2.05) is 0 Å². The van der Waals surface area contributed by atoms with Crippen molar-refractivity contribution in [2.75, 3.05) is 18.6 Å². The van der Waals surface area contributed by atoms with E-state index >= 15 is 0 Å². The van der Waals surface area contributed by atoms with Gasteiger partial charge < -0.3 is 15.0 Å². The Morgan fingerprint density at radius 2 is 2.10 bits per heavy atom. The highest BCUT2D eigenvalue weighted by molar-refractivity contribution is 5.52. The van der Waals surface area contributed by atoms with Gasteiger partial charge in [-0.15, -0.1) is 0 Å². The van der Waals surface area contributed by atoms with Crippen molar-refractivity contribution in [3.63, 3.8) is 0 Å². The van der Waals surface area contributed by atoms with Gasteiger partial charge >= 0.3 is 0 Å². The smallest absolute Gasteiger partial charge is 0.133 e. The first-order chi connectivity index (χ1) is 10.1. The summed E-state index contributed by atoms with van der Waals surface area (Å²) in [5.74, 6) is 1.13. The summed E-state index contributed by atoms with van der Waals surface area (Å²) < 4.78 is 5.73. The van der Waals surface area contributed by atoms with Crippen LogP contribution in [0.25, 0.3) is 0 Å². The zero-order chi connectivity index (χ0) is 15.0. The fourth-order valence-corrected chi connectivity index (χ4v) is 3.27. The van der Waals surface area contributed by atoms with Gasteiger partial charge in [0.05, 0.1) is 12.1 Å². The van der Waals surface area contributed by atoms with Crippen LogP contribution in [0.15, 0.2) is 6.07 Å². The normalized spacial score (nSPS) is 25.3. The molecule has 1 aliphatic heterocycles. The summed E-state index contributed by atoms with van der Waals surface area (Å²) in [7, 11) is 2.16. The van der Waals surface area contributed by atoms with E-state index in [2.05, 4.69) is 44.1 Å². The van der Waals surface area contributed by atoms with Crippen LogP contribution in [0, 0.1) is 13.8 Å². The van der Waals surface area contributed by atoms with Crippen molar-refractivity contribution in [1.29, 1.82) is 0 Å². The number of aryl methyl sites for hydroxylation is 2. The van der Waals surface area contributed by atoms with Crippen LogP contribution in [0.1, 0.15) is 43.0 Å². The summed E-state index contributed by atoms with van der Waals surface area (Å²) in [6.07, 6.45) is 4.00. The number of ether oxygens (including phenoxy) is 1. The summed E-state index contributed by atoms with van der Waals surface area (Å²) in [6, 6.07) is 3.34. The average Bonchev–Trinajstić information content (AvgIpc) is 3.16. The first kappa shape index (κ1) is 14.8. The van der Waals surface area contributed by atoms with Crippen molar-refractivity contribution < 1.29 is 4.74 Å². The number of anilines is 1.